The van der Waals surface area contributed by atoms with Crippen LogP contribution < -0.4 is 10.5 Å². The zero-order valence-electron chi connectivity index (χ0n) is 7.66. The first-order valence-corrected chi connectivity index (χ1v) is 4.23. The molecule has 3 nitrogen and oxygen atoms in total. The Balaban J connectivity index is 2.45. The third kappa shape index (κ3) is 3.60. The summed E-state index contributed by atoms with van der Waals surface area (Å²) in [5.74, 6) is 0.972. The monoisotopic (exact) mass is 178 g/mol. The predicted molar refractivity (Wildman–Crippen MR) is 53.1 cm³/mol. The molecule has 0 aliphatic carbocycles. The fourth-order valence-electron chi connectivity index (χ4n) is 1.08. The molecule has 0 aliphatic heterocycles. The van der Waals surface area contributed by atoms with Gasteiger partial charge in [-0.1, -0.05) is 18.2 Å². The van der Waals surface area contributed by atoms with Gasteiger partial charge in [0.1, 0.15) is 11.9 Å². The largest absolute Gasteiger partial charge is 0.490 e. The summed E-state index contributed by atoms with van der Waals surface area (Å²) in [5, 5.41) is 7.09. The summed E-state index contributed by atoms with van der Waals surface area (Å²) >= 11 is 0. The van der Waals surface area contributed by atoms with Crippen LogP contribution >= 0.6 is 0 Å². The fraction of sp³-hybridized carbons (Fsp3) is 0.300. The first-order valence-electron chi connectivity index (χ1n) is 4.23. The van der Waals surface area contributed by atoms with Crippen LogP contribution in [0.1, 0.15) is 13.3 Å². The van der Waals surface area contributed by atoms with Crippen molar-refractivity contribution >= 4 is 5.84 Å². The second-order valence-corrected chi connectivity index (χ2v) is 2.97. The molecule has 0 heterocycles. The zero-order valence-corrected chi connectivity index (χ0v) is 7.66. The second kappa shape index (κ2) is 4.50. The highest BCUT2D eigenvalue weighted by Gasteiger charge is 2.04. The van der Waals surface area contributed by atoms with Gasteiger partial charge in [0, 0.05) is 6.42 Å². The Morgan fingerprint density at radius 1 is 1.46 bits per heavy atom. The Kier molecular flexibility index (Phi) is 3.31. The van der Waals surface area contributed by atoms with Crippen molar-refractivity contribution in [2.24, 2.45) is 5.73 Å². The number of hydrogen-bond acceptors (Lipinski definition) is 2. The van der Waals surface area contributed by atoms with Gasteiger partial charge in [0.15, 0.2) is 0 Å². The van der Waals surface area contributed by atoms with E-state index in [-0.39, 0.29) is 11.9 Å². The molecule has 1 aromatic rings. The van der Waals surface area contributed by atoms with E-state index >= 15 is 0 Å². The van der Waals surface area contributed by atoms with Gasteiger partial charge < -0.3 is 10.5 Å². The topological polar surface area (TPSA) is 59.1 Å². The number of rotatable bonds is 4. The molecule has 1 rings (SSSR count). The SMILES string of the molecule is CC(CC(=N)N)Oc1ccccc1. The molecule has 0 bridgehead atoms. The molecule has 1 atom stereocenters. The molecule has 0 fully saturated rings. The first kappa shape index (κ1) is 9.58. The van der Waals surface area contributed by atoms with E-state index in [1.165, 1.54) is 0 Å². The number of benzene rings is 1. The highest BCUT2D eigenvalue weighted by atomic mass is 16.5. The average molecular weight is 178 g/mol. The second-order valence-electron chi connectivity index (χ2n) is 2.97. The summed E-state index contributed by atoms with van der Waals surface area (Å²) in [6, 6.07) is 9.53. The maximum absolute atomic E-state index is 7.09. The molecule has 1 unspecified atom stereocenters. The van der Waals surface area contributed by atoms with Crippen molar-refractivity contribution in [3.63, 3.8) is 0 Å². The lowest BCUT2D eigenvalue weighted by molar-refractivity contribution is 0.229. The fourth-order valence-corrected chi connectivity index (χ4v) is 1.08. The lowest BCUT2D eigenvalue weighted by Crippen LogP contribution is -2.21. The van der Waals surface area contributed by atoms with Crippen LogP contribution in [-0.4, -0.2) is 11.9 Å². The van der Waals surface area contributed by atoms with Gasteiger partial charge >= 0.3 is 0 Å². The number of amidine groups is 1. The van der Waals surface area contributed by atoms with Crippen LogP contribution in [0.4, 0.5) is 0 Å². The number of para-hydroxylation sites is 1. The number of ether oxygens (including phenoxy) is 1. The minimum Gasteiger partial charge on any atom is -0.490 e. The molecular weight excluding hydrogens is 164 g/mol. The van der Waals surface area contributed by atoms with Gasteiger partial charge in [-0.3, -0.25) is 5.41 Å². The van der Waals surface area contributed by atoms with Crippen molar-refractivity contribution in [2.75, 3.05) is 0 Å². The van der Waals surface area contributed by atoms with Crippen LogP contribution in [-0.2, 0) is 0 Å². The summed E-state index contributed by atoms with van der Waals surface area (Å²) in [6.45, 7) is 1.90. The number of nitrogens with one attached hydrogen (secondary N) is 1. The molecule has 0 amide bonds. The van der Waals surface area contributed by atoms with Crippen molar-refractivity contribution in [3.8, 4) is 5.75 Å². The standard InChI is InChI=1S/C10H14N2O/c1-8(7-10(11)12)13-9-5-3-2-4-6-9/h2-6,8H,7H2,1H3,(H3,11,12). The predicted octanol–water partition coefficient (Wildman–Crippen LogP) is 1.78. The lowest BCUT2D eigenvalue weighted by atomic mass is 10.2. The summed E-state index contributed by atoms with van der Waals surface area (Å²) < 4.78 is 5.50. The van der Waals surface area contributed by atoms with E-state index in [1.807, 2.05) is 37.3 Å². The lowest BCUT2D eigenvalue weighted by Gasteiger charge is -2.13. The Hall–Kier alpha value is -1.51. The van der Waals surface area contributed by atoms with Gasteiger partial charge in [-0.2, -0.15) is 0 Å². The Morgan fingerprint density at radius 2 is 2.08 bits per heavy atom. The summed E-state index contributed by atoms with van der Waals surface area (Å²) in [5.41, 5.74) is 5.25. The molecule has 0 saturated carbocycles. The van der Waals surface area contributed by atoms with Crippen molar-refractivity contribution < 1.29 is 4.74 Å². The molecule has 1 aromatic carbocycles. The maximum atomic E-state index is 7.09. The van der Waals surface area contributed by atoms with Crippen LogP contribution in [0.2, 0.25) is 0 Å². The molecule has 3 N–H and O–H groups in total. The average Bonchev–Trinajstić information content (AvgIpc) is 2.04. The smallest absolute Gasteiger partial charge is 0.119 e. The molecule has 13 heavy (non-hydrogen) atoms. The third-order valence-corrected chi connectivity index (χ3v) is 1.59. The molecule has 0 radical (unpaired) electrons. The van der Waals surface area contributed by atoms with Gasteiger partial charge in [0.25, 0.3) is 0 Å². The van der Waals surface area contributed by atoms with E-state index in [0.717, 1.165) is 5.75 Å². The van der Waals surface area contributed by atoms with Crippen LogP contribution in [0.3, 0.4) is 0 Å². The normalized spacial score (nSPS) is 12.1. The van der Waals surface area contributed by atoms with Gasteiger partial charge in [-0.15, -0.1) is 0 Å². The van der Waals surface area contributed by atoms with Gasteiger partial charge in [-0.25, -0.2) is 0 Å². The highest BCUT2D eigenvalue weighted by molar-refractivity contribution is 5.77. The maximum Gasteiger partial charge on any atom is 0.119 e. The summed E-state index contributed by atoms with van der Waals surface area (Å²) in [7, 11) is 0. The quantitative estimate of drug-likeness (QED) is 0.545. The molecule has 70 valence electrons. The van der Waals surface area contributed by atoms with E-state index in [0.29, 0.717) is 6.42 Å². The van der Waals surface area contributed by atoms with Crippen LogP contribution in [0.15, 0.2) is 30.3 Å². The van der Waals surface area contributed by atoms with E-state index in [2.05, 4.69) is 0 Å². The van der Waals surface area contributed by atoms with Crippen LogP contribution in [0.25, 0.3) is 0 Å². The molecular formula is C10H14N2O. The van der Waals surface area contributed by atoms with Gasteiger partial charge in [0.2, 0.25) is 0 Å². The number of hydrogen-bond donors (Lipinski definition) is 2. The summed E-state index contributed by atoms with van der Waals surface area (Å²) in [4.78, 5) is 0. The first-order chi connectivity index (χ1) is 6.18. The Morgan fingerprint density at radius 3 is 2.62 bits per heavy atom. The molecule has 0 aromatic heterocycles. The van der Waals surface area contributed by atoms with Crippen molar-refractivity contribution in [1.82, 2.24) is 0 Å². The van der Waals surface area contributed by atoms with E-state index < -0.39 is 0 Å². The number of nitrogens with two attached hydrogens (primary N) is 1. The summed E-state index contributed by atoms with van der Waals surface area (Å²) in [6.07, 6.45) is 0.425. The van der Waals surface area contributed by atoms with E-state index in [9.17, 15) is 0 Å². The van der Waals surface area contributed by atoms with Gasteiger partial charge in [-0.05, 0) is 19.1 Å². The van der Waals surface area contributed by atoms with E-state index in [1.54, 1.807) is 0 Å². The van der Waals surface area contributed by atoms with Gasteiger partial charge in [0.05, 0.1) is 5.84 Å². The van der Waals surface area contributed by atoms with Crippen molar-refractivity contribution in [1.29, 1.82) is 5.41 Å². The Labute approximate surface area is 78.0 Å². The van der Waals surface area contributed by atoms with Crippen LogP contribution in [0, 0.1) is 5.41 Å². The Bertz CT molecular complexity index is 272. The minimum absolute atomic E-state index is 0.0418. The van der Waals surface area contributed by atoms with E-state index in [4.69, 9.17) is 15.9 Å². The van der Waals surface area contributed by atoms with Crippen molar-refractivity contribution in [3.05, 3.63) is 30.3 Å². The zero-order chi connectivity index (χ0) is 9.68. The van der Waals surface area contributed by atoms with Crippen molar-refractivity contribution in [2.45, 2.75) is 19.4 Å². The third-order valence-electron chi connectivity index (χ3n) is 1.59. The molecule has 0 saturated heterocycles. The van der Waals surface area contributed by atoms with Crippen LogP contribution in [0.5, 0.6) is 5.75 Å². The highest BCUT2D eigenvalue weighted by Crippen LogP contribution is 2.11. The molecule has 3 heteroatoms. The molecule has 0 aliphatic rings. The molecule has 0 spiro atoms. The minimum atomic E-state index is -0.0418.